The lowest BCUT2D eigenvalue weighted by molar-refractivity contribution is 0.230. The summed E-state index contributed by atoms with van der Waals surface area (Å²) in [7, 11) is -2.98. The van der Waals surface area contributed by atoms with Crippen LogP contribution in [0.4, 0.5) is 5.69 Å². The molecule has 1 aliphatic carbocycles. The number of hydrogen-bond acceptors (Lipinski definition) is 2. The van der Waals surface area contributed by atoms with E-state index in [0.717, 1.165) is 24.1 Å². The Morgan fingerprint density at radius 3 is 2.38 bits per heavy atom. The minimum atomic E-state index is -1.84. The maximum atomic E-state index is 13.4. The molecule has 0 aromatic heterocycles. The zero-order valence-electron chi connectivity index (χ0n) is 19.3. The molecule has 0 saturated carbocycles. The Morgan fingerprint density at radius 2 is 1.86 bits per heavy atom. The number of fused-ring (bicyclic) bond motifs is 1. The summed E-state index contributed by atoms with van der Waals surface area (Å²) in [6.07, 6.45) is 1.78. The molecule has 0 fully saturated rings. The molecule has 1 aliphatic rings. The second-order valence-corrected chi connectivity index (χ2v) is 17.1. The molecular formula is C22H38N2O2S2Si. The van der Waals surface area contributed by atoms with Crippen LogP contribution in [-0.4, -0.2) is 34.7 Å². The minimum Gasteiger partial charge on any atom is -0.415 e. The van der Waals surface area contributed by atoms with E-state index in [4.69, 9.17) is 11.0 Å². The average Bonchev–Trinajstić information content (AvgIpc) is 3.00. The van der Waals surface area contributed by atoms with Gasteiger partial charge in [0, 0.05) is 19.2 Å². The summed E-state index contributed by atoms with van der Waals surface area (Å²) < 4.78 is 21.6. The molecule has 164 valence electrons. The van der Waals surface area contributed by atoms with Crippen molar-refractivity contribution in [2.24, 2.45) is 0 Å². The normalized spacial score (nSPS) is 18.1. The number of benzene rings is 1. The van der Waals surface area contributed by atoms with Gasteiger partial charge in [-0.3, -0.25) is 0 Å². The van der Waals surface area contributed by atoms with Crippen LogP contribution >= 0.6 is 13.5 Å². The summed E-state index contributed by atoms with van der Waals surface area (Å²) in [6.45, 7) is 26.0. The fourth-order valence-corrected chi connectivity index (χ4v) is 5.76. The summed E-state index contributed by atoms with van der Waals surface area (Å²) in [5.74, 6) is 0. The van der Waals surface area contributed by atoms with Gasteiger partial charge < -0.3 is 4.43 Å². The summed E-state index contributed by atoms with van der Waals surface area (Å²) in [4.78, 5) is 3.69. The van der Waals surface area contributed by atoms with Crippen molar-refractivity contribution in [1.29, 1.82) is 0 Å². The lowest BCUT2D eigenvalue weighted by Crippen LogP contribution is -2.45. The highest BCUT2D eigenvalue weighted by Crippen LogP contribution is 2.42. The Morgan fingerprint density at radius 1 is 1.24 bits per heavy atom. The average molecular weight is 455 g/mol. The van der Waals surface area contributed by atoms with E-state index in [0.29, 0.717) is 13.2 Å². The Labute approximate surface area is 188 Å². The molecule has 1 aromatic carbocycles. The van der Waals surface area contributed by atoms with Crippen molar-refractivity contribution in [3.8, 4) is 0 Å². The third-order valence-electron chi connectivity index (χ3n) is 6.00. The SMILES string of the molecule is S.[C-]#[N+]c1cccc2c1CC[C@@H]2N(CCO[Si](C)(C)C(C)(C)C)[S@@](=O)C(C)(C)C. The van der Waals surface area contributed by atoms with Crippen molar-refractivity contribution >= 4 is 38.5 Å². The first-order valence-electron chi connectivity index (χ1n) is 10.1. The Bertz CT molecular complexity index is 776. The van der Waals surface area contributed by atoms with E-state index in [1.165, 1.54) is 5.56 Å². The minimum absolute atomic E-state index is 0. The molecule has 4 nitrogen and oxygen atoms in total. The molecule has 0 heterocycles. The molecule has 0 N–H and O–H groups in total. The van der Waals surface area contributed by atoms with Crippen molar-refractivity contribution in [1.82, 2.24) is 4.31 Å². The molecule has 7 heteroatoms. The highest BCUT2D eigenvalue weighted by molar-refractivity contribution is 7.84. The molecule has 0 saturated heterocycles. The molecule has 0 radical (unpaired) electrons. The smallest absolute Gasteiger partial charge is 0.192 e. The summed E-state index contributed by atoms with van der Waals surface area (Å²) in [5, 5.41) is 0.158. The molecule has 0 amide bonds. The van der Waals surface area contributed by atoms with Gasteiger partial charge >= 0.3 is 0 Å². The maximum absolute atomic E-state index is 13.4. The first kappa shape index (κ1) is 26.4. The zero-order valence-corrected chi connectivity index (χ0v) is 22.1. The predicted octanol–water partition coefficient (Wildman–Crippen LogP) is 6.12. The molecule has 0 aliphatic heterocycles. The van der Waals surface area contributed by atoms with Gasteiger partial charge in [-0.15, -0.1) is 0 Å². The standard InChI is InChI=1S/C22H36N2O2SSi.H2S/c1-21(2,3)27(25)24(15-16-26-28(8,9)22(4,5)6)20-14-13-17-18(20)11-10-12-19(17)23-7;/h10-12,20H,13-16H2,1-6,8-9H3;1H2/t20-,27-;/m0./s1. The summed E-state index contributed by atoms with van der Waals surface area (Å²) in [6, 6.07) is 6.03. The fraction of sp³-hybridized carbons (Fsp3) is 0.682. The van der Waals surface area contributed by atoms with E-state index in [2.05, 4.69) is 49.1 Å². The zero-order chi connectivity index (χ0) is 21.3. The molecule has 2 rings (SSSR count). The molecule has 1 aromatic rings. The van der Waals surface area contributed by atoms with Gasteiger partial charge in [0.25, 0.3) is 0 Å². The van der Waals surface area contributed by atoms with Crippen molar-refractivity contribution in [2.75, 3.05) is 13.2 Å². The van der Waals surface area contributed by atoms with E-state index in [1.54, 1.807) is 0 Å². The van der Waals surface area contributed by atoms with Gasteiger partial charge in [0.1, 0.15) is 11.0 Å². The van der Waals surface area contributed by atoms with E-state index >= 15 is 0 Å². The van der Waals surface area contributed by atoms with Crippen molar-refractivity contribution < 1.29 is 8.63 Å². The number of nitrogens with zero attached hydrogens (tertiary/aromatic N) is 2. The third-order valence-corrected chi connectivity index (χ3v) is 12.4. The molecular weight excluding hydrogens is 416 g/mol. The van der Waals surface area contributed by atoms with Crippen LogP contribution in [0.3, 0.4) is 0 Å². The van der Waals surface area contributed by atoms with Crippen LogP contribution in [0, 0.1) is 6.57 Å². The van der Waals surface area contributed by atoms with Crippen LogP contribution < -0.4 is 0 Å². The van der Waals surface area contributed by atoms with Crippen LogP contribution in [0.1, 0.15) is 65.1 Å². The van der Waals surface area contributed by atoms with E-state index in [9.17, 15) is 4.21 Å². The molecule has 0 bridgehead atoms. The van der Waals surface area contributed by atoms with Gasteiger partial charge in [0.2, 0.25) is 0 Å². The number of rotatable bonds is 6. The predicted molar refractivity (Wildman–Crippen MR) is 132 cm³/mol. The first-order chi connectivity index (χ1) is 12.8. The van der Waals surface area contributed by atoms with Crippen LogP contribution in [-0.2, 0) is 21.8 Å². The second-order valence-electron chi connectivity index (χ2n) is 10.1. The van der Waals surface area contributed by atoms with Gasteiger partial charge in [-0.05, 0) is 62.9 Å². The first-order valence-corrected chi connectivity index (χ1v) is 14.1. The monoisotopic (exact) mass is 454 g/mol. The summed E-state index contributed by atoms with van der Waals surface area (Å²) >= 11 is 0. The lowest BCUT2D eigenvalue weighted by Gasteiger charge is -2.38. The molecule has 0 unspecified atom stereocenters. The van der Waals surface area contributed by atoms with Crippen LogP contribution in [0.25, 0.3) is 4.85 Å². The summed E-state index contributed by atoms with van der Waals surface area (Å²) in [5.41, 5.74) is 3.03. The van der Waals surface area contributed by atoms with Gasteiger partial charge in [-0.1, -0.05) is 39.0 Å². The van der Waals surface area contributed by atoms with Gasteiger partial charge in [-0.25, -0.2) is 13.4 Å². The quantitative estimate of drug-likeness (QED) is 0.383. The lowest BCUT2D eigenvalue weighted by atomic mass is 10.1. The Balaban J connectivity index is 0.00000420. The number of hydrogen-bond donors (Lipinski definition) is 0. The van der Waals surface area contributed by atoms with Gasteiger partial charge in [-0.2, -0.15) is 13.5 Å². The van der Waals surface area contributed by atoms with Gasteiger partial charge in [0.05, 0.1) is 11.3 Å². The van der Waals surface area contributed by atoms with Crippen molar-refractivity contribution in [3.63, 3.8) is 0 Å². The Kier molecular flexibility index (Phi) is 8.78. The van der Waals surface area contributed by atoms with Crippen LogP contribution in [0.5, 0.6) is 0 Å². The second kappa shape index (κ2) is 9.65. The van der Waals surface area contributed by atoms with E-state index in [1.807, 2.05) is 32.9 Å². The topological polar surface area (TPSA) is 33.9 Å². The van der Waals surface area contributed by atoms with Crippen molar-refractivity contribution in [2.45, 2.75) is 83.3 Å². The molecule has 2 atom stereocenters. The van der Waals surface area contributed by atoms with Crippen LogP contribution in [0.15, 0.2) is 18.2 Å². The van der Waals surface area contributed by atoms with Crippen LogP contribution in [0.2, 0.25) is 18.1 Å². The molecule has 0 spiro atoms. The van der Waals surface area contributed by atoms with Gasteiger partial charge in [0.15, 0.2) is 14.0 Å². The van der Waals surface area contributed by atoms with E-state index in [-0.39, 0.29) is 29.3 Å². The van der Waals surface area contributed by atoms with Crippen molar-refractivity contribution in [3.05, 3.63) is 40.7 Å². The Hall–Kier alpha value is -0.653. The molecule has 29 heavy (non-hydrogen) atoms. The van der Waals surface area contributed by atoms with E-state index < -0.39 is 19.3 Å². The largest absolute Gasteiger partial charge is 0.415 e. The maximum Gasteiger partial charge on any atom is 0.192 e. The fourth-order valence-electron chi connectivity index (χ4n) is 3.33. The third kappa shape index (κ3) is 5.95. The highest BCUT2D eigenvalue weighted by atomic mass is 32.2. The highest BCUT2D eigenvalue weighted by Gasteiger charge is 2.39.